The summed E-state index contributed by atoms with van der Waals surface area (Å²) in [5.41, 5.74) is 0. The van der Waals surface area contributed by atoms with Gasteiger partial charge in [-0.15, -0.1) is 11.3 Å². The maximum Gasteiger partial charge on any atom is 0.0931 e. The third-order valence-electron chi connectivity index (χ3n) is 2.59. The Morgan fingerprint density at radius 2 is 2.50 bits per heavy atom. The highest BCUT2D eigenvalue weighted by molar-refractivity contribution is 7.16. The van der Waals surface area contributed by atoms with Gasteiger partial charge in [0.1, 0.15) is 0 Å². The van der Waals surface area contributed by atoms with E-state index >= 15 is 0 Å². The van der Waals surface area contributed by atoms with Crippen LogP contribution in [0.5, 0.6) is 0 Å². The van der Waals surface area contributed by atoms with Crippen molar-refractivity contribution in [3.63, 3.8) is 0 Å². The van der Waals surface area contributed by atoms with Gasteiger partial charge < -0.3 is 10.1 Å². The lowest BCUT2D eigenvalue weighted by Gasteiger charge is -2.07. The summed E-state index contributed by atoms with van der Waals surface area (Å²) in [6.07, 6.45) is 1.16. The van der Waals surface area contributed by atoms with Gasteiger partial charge in [-0.3, -0.25) is 0 Å². The molecule has 2 heterocycles. The molecule has 78 valence electrons. The molecule has 0 radical (unpaired) electrons. The second-order valence-corrected chi connectivity index (χ2v) is 5.38. The molecule has 2 atom stereocenters. The van der Waals surface area contributed by atoms with Gasteiger partial charge in [0.15, 0.2) is 0 Å². The highest BCUT2D eigenvalue weighted by atomic mass is 35.5. The van der Waals surface area contributed by atoms with Crippen molar-refractivity contribution in [1.82, 2.24) is 5.32 Å². The predicted molar refractivity (Wildman–Crippen MR) is 60.4 cm³/mol. The average molecular weight is 232 g/mol. The lowest BCUT2D eigenvalue weighted by molar-refractivity contribution is 0.173. The summed E-state index contributed by atoms with van der Waals surface area (Å²) in [4.78, 5) is 1.39. The van der Waals surface area contributed by atoms with Gasteiger partial charge in [0.25, 0.3) is 0 Å². The first-order valence-corrected chi connectivity index (χ1v) is 5.96. The number of nitrogens with one attached hydrogen (secondary N) is 1. The number of methoxy groups -OCH3 is 1. The first-order valence-electron chi connectivity index (χ1n) is 4.77. The van der Waals surface area contributed by atoms with Crippen LogP contribution >= 0.6 is 22.9 Å². The van der Waals surface area contributed by atoms with E-state index in [0.29, 0.717) is 12.0 Å². The van der Waals surface area contributed by atoms with Crippen molar-refractivity contribution in [2.45, 2.75) is 18.4 Å². The number of rotatable bonds is 3. The normalized spacial score (nSPS) is 27.0. The molecule has 1 fully saturated rings. The molecule has 2 rings (SSSR count). The standard InChI is InChI=1S/C10H14ClNOS/c1-13-6-8-4-7(5-12-8)9-2-3-10(11)14-9/h2-3,7-8,12H,4-6H2,1H3. The summed E-state index contributed by atoms with van der Waals surface area (Å²) in [5, 5.41) is 3.45. The van der Waals surface area contributed by atoms with Crippen LogP contribution < -0.4 is 5.32 Å². The van der Waals surface area contributed by atoms with Gasteiger partial charge in [0.05, 0.1) is 10.9 Å². The summed E-state index contributed by atoms with van der Waals surface area (Å²) >= 11 is 7.60. The Morgan fingerprint density at radius 1 is 1.64 bits per heavy atom. The number of hydrogen-bond acceptors (Lipinski definition) is 3. The molecule has 0 aromatic carbocycles. The minimum Gasteiger partial charge on any atom is -0.383 e. The van der Waals surface area contributed by atoms with Gasteiger partial charge in [-0.1, -0.05) is 11.6 Å². The Balaban J connectivity index is 1.95. The van der Waals surface area contributed by atoms with Crippen LogP contribution in [0.1, 0.15) is 17.2 Å². The molecule has 4 heteroatoms. The molecule has 0 aliphatic carbocycles. The number of halogens is 1. The molecule has 1 aliphatic rings. The van der Waals surface area contributed by atoms with Crippen LogP contribution in [0.25, 0.3) is 0 Å². The molecule has 0 amide bonds. The Morgan fingerprint density at radius 3 is 3.14 bits per heavy atom. The largest absolute Gasteiger partial charge is 0.383 e. The summed E-state index contributed by atoms with van der Waals surface area (Å²) < 4.78 is 6.01. The van der Waals surface area contributed by atoms with Crippen LogP contribution in [0.3, 0.4) is 0 Å². The number of thiophene rings is 1. The lowest BCUT2D eigenvalue weighted by atomic mass is 10.0. The van der Waals surface area contributed by atoms with Crippen molar-refractivity contribution in [3.8, 4) is 0 Å². The van der Waals surface area contributed by atoms with Gasteiger partial charge in [0, 0.05) is 30.5 Å². The average Bonchev–Trinajstić information content (AvgIpc) is 2.74. The number of ether oxygens (including phenoxy) is 1. The van der Waals surface area contributed by atoms with Crippen molar-refractivity contribution in [3.05, 3.63) is 21.3 Å². The summed E-state index contributed by atoms with van der Waals surface area (Å²) in [6.45, 7) is 1.85. The zero-order chi connectivity index (χ0) is 9.97. The Kier molecular flexibility index (Phi) is 3.44. The Labute approximate surface area is 93.2 Å². The maximum absolute atomic E-state index is 5.91. The molecule has 1 N–H and O–H groups in total. The molecule has 0 saturated carbocycles. The van der Waals surface area contributed by atoms with E-state index in [1.165, 1.54) is 4.88 Å². The minimum absolute atomic E-state index is 0.505. The molecular formula is C10H14ClNOS. The van der Waals surface area contributed by atoms with Crippen molar-refractivity contribution in [1.29, 1.82) is 0 Å². The van der Waals surface area contributed by atoms with Crippen LogP contribution in [-0.2, 0) is 4.74 Å². The zero-order valence-electron chi connectivity index (χ0n) is 8.13. The molecule has 2 nitrogen and oxygen atoms in total. The summed E-state index contributed by atoms with van der Waals surface area (Å²) in [7, 11) is 1.75. The van der Waals surface area contributed by atoms with E-state index in [1.807, 2.05) is 6.07 Å². The second kappa shape index (κ2) is 4.62. The molecular weight excluding hydrogens is 218 g/mol. The molecule has 0 spiro atoms. The Bertz CT molecular complexity index is 302. The van der Waals surface area contributed by atoms with Crippen LogP contribution in [0.2, 0.25) is 4.34 Å². The van der Waals surface area contributed by atoms with E-state index in [2.05, 4.69) is 11.4 Å². The summed E-state index contributed by atoms with van der Waals surface area (Å²) in [6, 6.07) is 4.62. The molecule has 1 saturated heterocycles. The SMILES string of the molecule is COCC1CC(c2ccc(Cl)s2)CN1. The van der Waals surface area contributed by atoms with Gasteiger partial charge in [-0.2, -0.15) is 0 Å². The van der Waals surface area contributed by atoms with Gasteiger partial charge in [-0.05, 0) is 18.6 Å². The van der Waals surface area contributed by atoms with Gasteiger partial charge in [-0.25, -0.2) is 0 Å². The third-order valence-corrected chi connectivity index (χ3v) is 3.98. The smallest absolute Gasteiger partial charge is 0.0931 e. The van der Waals surface area contributed by atoms with E-state index in [1.54, 1.807) is 18.4 Å². The summed E-state index contributed by atoms with van der Waals surface area (Å²) in [5.74, 6) is 0.618. The molecule has 2 unspecified atom stereocenters. The van der Waals surface area contributed by atoms with E-state index < -0.39 is 0 Å². The van der Waals surface area contributed by atoms with Crippen LogP contribution in [-0.4, -0.2) is 26.3 Å². The van der Waals surface area contributed by atoms with Gasteiger partial charge in [0.2, 0.25) is 0 Å². The van der Waals surface area contributed by atoms with E-state index in [4.69, 9.17) is 16.3 Å². The monoisotopic (exact) mass is 231 g/mol. The molecule has 1 aliphatic heterocycles. The fourth-order valence-corrected chi connectivity index (χ4v) is 3.09. The van der Waals surface area contributed by atoms with Crippen molar-refractivity contribution < 1.29 is 4.74 Å². The van der Waals surface area contributed by atoms with E-state index in [-0.39, 0.29) is 0 Å². The fourth-order valence-electron chi connectivity index (χ4n) is 1.91. The van der Waals surface area contributed by atoms with E-state index in [9.17, 15) is 0 Å². The number of hydrogen-bond donors (Lipinski definition) is 1. The zero-order valence-corrected chi connectivity index (χ0v) is 9.70. The maximum atomic E-state index is 5.91. The molecule has 0 bridgehead atoms. The van der Waals surface area contributed by atoms with Gasteiger partial charge >= 0.3 is 0 Å². The van der Waals surface area contributed by atoms with Crippen molar-refractivity contribution in [2.24, 2.45) is 0 Å². The van der Waals surface area contributed by atoms with Crippen LogP contribution in [0, 0.1) is 0 Å². The molecule has 1 aromatic heterocycles. The lowest BCUT2D eigenvalue weighted by Crippen LogP contribution is -2.25. The topological polar surface area (TPSA) is 21.3 Å². The fraction of sp³-hybridized carbons (Fsp3) is 0.600. The second-order valence-electron chi connectivity index (χ2n) is 3.64. The minimum atomic E-state index is 0.505. The van der Waals surface area contributed by atoms with E-state index in [0.717, 1.165) is 23.9 Å². The molecule has 1 aromatic rings. The highest BCUT2D eigenvalue weighted by Gasteiger charge is 2.25. The van der Waals surface area contributed by atoms with Crippen LogP contribution in [0.4, 0.5) is 0 Å². The first kappa shape index (κ1) is 10.4. The quantitative estimate of drug-likeness (QED) is 0.863. The first-order chi connectivity index (χ1) is 6.79. The third kappa shape index (κ3) is 2.28. The van der Waals surface area contributed by atoms with Crippen LogP contribution in [0.15, 0.2) is 12.1 Å². The highest BCUT2D eigenvalue weighted by Crippen LogP contribution is 2.33. The van der Waals surface area contributed by atoms with Crippen molar-refractivity contribution >= 4 is 22.9 Å². The molecule has 14 heavy (non-hydrogen) atoms. The van der Waals surface area contributed by atoms with Crippen molar-refractivity contribution in [2.75, 3.05) is 20.3 Å². The predicted octanol–water partition coefficient (Wildman–Crippen LogP) is 2.49. The Hall–Kier alpha value is -0.0900.